The van der Waals surface area contributed by atoms with Crippen LogP contribution in [-0.4, -0.2) is 41.3 Å². The monoisotopic (exact) mass is 506 g/mol. The van der Waals surface area contributed by atoms with E-state index in [1.54, 1.807) is 6.07 Å². The average molecular weight is 507 g/mol. The van der Waals surface area contributed by atoms with Crippen molar-refractivity contribution in [1.82, 2.24) is 14.9 Å². The number of amides is 1. The maximum atomic E-state index is 14.1. The number of pyridine rings is 1. The first-order chi connectivity index (χ1) is 16.9. The molecule has 0 atom stereocenters. The first-order valence-electron chi connectivity index (χ1n) is 12.8. The molecule has 3 heterocycles. The summed E-state index contributed by atoms with van der Waals surface area (Å²) in [4.78, 5) is 17.2. The van der Waals surface area contributed by atoms with Crippen LogP contribution in [0.4, 0.5) is 19.0 Å². The summed E-state index contributed by atoms with van der Waals surface area (Å²) in [7, 11) is 0. The maximum absolute atomic E-state index is 14.1. The Morgan fingerprint density at radius 3 is 2.42 bits per heavy atom. The molecule has 2 aromatic heterocycles. The molecule has 2 aromatic rings. The highest BCUT2D eigenvalue weighted by Gasteiger charge is 2.36. The molecule has 2 fully saturated rings. The molecule has 0 radical (unpaired) electrons. The summed E-state index contributed by atoms with van der Waals surface area (Å²) >= 11 is 0. The molecule has 2 N–H and O–H groups in total. The molecule has 1 aliphatic heterocycles. The second-order valence-corrected chi connectivity index (χ2v) is 11.4. The second kappa shape index (κ2) is 10.4. The van der Waals surface area contributed by atoms with E-state index in [2.05, 4.69) is 15.6 Å². The molecule has 0 spiro atoms. The third-order valence-electron chi connectivity index (χ3n) is 7.02. The van der Waals surface area contributed by atoms with E-state index in [-0.39, 0.29) is 23.2 Å². The van der Waals surface area contributed by atoms with E-state index in [4.69, 9.17) is 4.74 Å². The molecule has 0 aromatic carbocycles. The maximum Gasteiger partial charge on any atom is 0.419 e. The smallest absolute Gasteiger partial charge is 0.377 e. The summed E-state index contributed by atoms with van der Waals surface area (Å²) in [5, 5.41) is 5.84. The fraction of sp³-hybridized carbons (Fsp3) is 0.630. The molecule has 0 bridgehead atoms. The van der Waals surface area contributed by atoms with Crippen molar-refractivity contribution in [3.63, 3.8) is 0 Å². The Kier molecular flexibility index (Phi) is 7.69. The quantitative estimate of drug-likeness (QED) is 0.480. The van der Waals surface area contributed by atoms with Gasteiger partial charge in [-0.15, -0.1) is 0 Å². The molecule has 0 unspecified atom stereocenters. The molecule has 1 amide bonds. The second-order valence-electron chi connectivity index (χ2n) is 11.4. The number of hydrogen-bond acceptors (Lipinski definition) is 4. The van der Waals surface area contributed by atoms with E-state index in [0.29, 0.717) is 49.0 Å². The summed E-state index contributed by atoms with van der Waals surface area (Å²) in [6, 6.07) is 2.84. The number of nitrogens with one attached hydrogen (secondary N) is 2. The SMILES string of the molecule is Cc1c(C(=O)NC2COC2)cc(-c2cnc(NCC(C)(C)C)c(C(F)(F)F)c2)n1CC1CCCCC1. The van der Waals surface area contributed by atoms with Crippen molar-refractivity contribution in [2.45, 2.75) is 78.6 Å². The number of rotatable bonds is 7. The van der Waals surface area contributed by atoms with Crippen LogP contribution in [-0.2, 0) is 17.5 Å². The van der Waals surface area contributed by atoms with Crippen molar-refractivity contribution in [3.05, 3.63) is 35.2 Å². The summed E-state index contributed by atoms with van der Waals surface area (Å²) in [5.74, 6) is 0.0328. The number of carbonyl (C=O) groups excluding carboxylic acids is 1. The summed E-state index contributed by atoms with van der Waals surface area (Å²) in [5.41, 5.74) is 1.18. The minimum atomic E-state index is -4.57. The lowest BCUT2D eigenvalue weighted by Gasteiger charge is -2.27. The standard InChI is InChI=1S/C27H37F3N4O2/c1-17-21(25(35)33-20-14-36-15-20)11-23(34(17)13-18-8-6-5-7-9-18)19-10-22(27(28,29)30)24(31-12-19)32-16-26(2,3)4/h10-12,18,20H,5-9,13-16H2,1-4H3,(H,31,32)(H,33,35). The highest BCUT2D eigenvalue weighted by atomic mass is 19.4. The fourth-order valence-corrected chi connectivity index (χ4v) is 4.87. The van der Waals surface area contributed by atoms with Crippen LogP contribution >= 0.6 is 0 Å². The van der Waals surface area contributed by atoms with Crippen LogP contribution in [0.3, 0.4) is 0 Å². The Morgan fingerprint density at radius 1 is 1.14 bits per heavy atom. The van der Waals surface area contributed by atoms with Crippen molar-refractivity contribution >= 4 is 11.7 Å². The number of hydrogen-bond donors (Lipinski definition) is 2. The van der Waals surface area contributed by atoms with Gasteiger partial charge in [-0.05, 0) is 43.2 Å². The first-order valence-corrected chi connectivity index (χ1v) is 12.8. The Balaban J connectivity index is 1.73. The van der Waals surface area contributed by atoms with E-state index in [1.165, 1.54) is 12.6 Å². The molecule has 6 nitrogen and oxygen atoms in total. The van der Waals surface area contributed by atoms with Crippen LogP contribution in [0.15, 0.2) is 18.3 Å². The van der Waals surface area contributed by atoms with E-state index in [9.17, 15) is 18.0 Å². The van der Waals surface area contributed by atoms with E-state index in [1.807, 2.05) is 32.3 Å². The molecule has 198 valence electrons. The third-order valence-corrected chi connectivity index (χ3v) is 7.02. The average Bonchev–Trinajstić information content (AvgIpc) is 3.10. The molecule has 9 heteroatoms. The van der Waals surface area contributed by atoms with Gasteiger partial charge in [-0.25, -0.2) is 4.98 Å². The van der Waals surface area contributed by atoms with Gasteiger partial charge in [0, 0.05) is 30.5 Å². The van der Waals surface area contributed by atoms with Crippen LogP contribution in [0.25, 0.3) is 11.3 Å². The van der Waals surface area contributed by atoms with Gasteiger partial charge >= 0.3 is 6.18 Å². The van der Waals surface area contributed by atoms with Gasteiger partial charge in [0.2, 0.25) is 0 Å². The molecule has 1 aliphatic carbocycles. The Hall–Kier alpha value is -2.55. The largest absolute Gasteiger partial charge is 0.419 e. The van der Waals surface area contributed by atoms with Gasteiger partial charge in [0.05, 0.1) is 36.1 Å². The summed E-state index contributed by atoms with van der Waals surface area (Å²) < 4.78 is 49.4. The number of alkyl halides is 3. The van der Waals surface area contributed by atoms with E-state index < -0.39 is 11.7 Å². The van der Waals surface area contributed by atoms with Gasteiger partial charge in [0.25, 0.3) is 5.91 Å². The van der Waals surface area contributed by atoms with Crippen molar-refractivity contribution < 1.29 is 22.7 Å². The third kappa shape index (κ3) is 6.22. The van der Waals surface area contributed by atoms with Gasteiger partial charge in [-0.2, -0.15) is 13.2 Å². The van der Waals surface area contributed by atoms with Crippen LogP contribution < -0.4 is 10.6 Å². The predicted molar refractivity (Wildman–Crippen MR) is 134 cm³/mol. The summed E-state index contributed by atoms with van der Waals surface area (Å²) in [6.07, 6.45) is 2.61. The minimum Gasteiger partial charge on any atom is -0.377 e. The van der Waals surface area contributed by atoms with Gasteiger partial charge in [0.15, 0.2) is 0 Å². The van der Waals surface area contributed by atoms with Crippen molar-refractivity contribution in [1.29, 1.82) is 0 Å². The van der Waals surface area contributed by atoms with Crippen molar-refractivity contribution in [2.24, 2.45) is 11.3 Å². The van der Waals surface area contributed by atoms with Gasteiger partial charge in [-0.1, -0.05) is 40.0 Å². The van der Waals surface area contributed by atoms with E-state index >= 15 is 0 Å². The number of anilines is 1. The van der Waals surface area contributed by atoms with Crippen molar-refractivity contribution in [2.75, 3.05) is 25.1 Å². The molecular formula is C27H37F3N4O2. The van der Waals surface area contributed by atoms with Crippen LogP contribution in [0.5, 0.6) is 0 Å². The fourth-order valence-electron chi connectivity index (χ4n) is 4.87. The topological polar surface area (TPSA) is 68.2 Å². The minimum absolute atomic E-state index is 0.0336. The van der Waals surface area contributed by atoms with Gasteiger partial charge in [-0.3, -0.25) is 4.79 Å². The summed E-state index contributed by atoms with van der Waals surface area (Å²) in [6.45, 7) is 9.70. The molecule has 1 saturated carbocycles. The Bertz CT molecular complexity index is 1080. The lowest BCUT2D eigenvalue weighted by Crippen LogP contribution is -2.48. The lowest BCUT2D eigenvalue weighted by atomic mass is 9.89. The molecule has 2 aliphatic rings. The number of nitrogens with zero attached hydrogens (tertiary/aromatic N) is 2. The zero-order chi connectivity index (χ0) is 26.1. The number of carbonyl (C=O) groups is 1. The highest BCUT2D eigenvalue weighted by molar-refractivity contribution is 5.97. The molecule has 36 heavy (non-hydrogen) atoms. The van der Waals surface area contributed by atoms with Crippen LogP contribution in [0.1, 0.15) is 74.5 Å². The Morgan fingerprint density at radius 2 is 1.83 bits per heavy atom. The van der Waals surface area contributed by atoms with Crippen LogP contribution in [0, 0.1) is 18.3 Å². The predicted octanol–water partition coefficient (Wildman–Crippen LogP) is 6.04. The highest BCUT2D eigenvalue weighted by Crippen LogP contribution is 2.38. The number of halogens is 3. The van der Waals surface area contributed by atoms with E-state index in [0.717, 1.165) is 37.4 Å². The number of ether oxygens (including phenoxy) is 1. The zero-order valence-corrected chi connectivity index (χ0v) is 21.6. The molecule has 1 saturated heterocycles. The Labute approximate surface area is 211 Å². The normalized spacial score (nSPS) is 17.6. The molecular weight excluding hydrogens is 469 g/mol. The van der Waals surface area contributed by atoms with Gasteiger partial charge < -0.3 is 19.9 Å². The first kappa shape index (κ1) is 26.5. The van der Waals surface area contributed by atoms with Crippen molar-refractivity contribution in [3.8, 4) is 11.3 Å². The van der Waals surface area contributed by atoms with Gasteiger partial charge in [0.1, 0.15) is 5.82 Å². The number of aromatic nitrogens is 2. The molecule has 4 rings (SSSR count). The van der Waals surface area contributed by atoms with Crippen LogP contribution in [0.2, 0.25) is 0 Å². The zero-order valence-electron chi connectivity index (χ0n) is 21.6. The lowest BCUT2D eigenvalue weighted by molar-refractivity contribution is -0.137.